The van der Waals surface area contributed by atoms with Gasteiger partial charge in [0.05, 0.1) is 24.5 Å². The highest BCUT2D eigenvalue weighted by molar-refractivity contribution is 6.40. The lowest BCUT2D eigenvalue weighted by molar-refractivity contribution is -0.154. The van der Waals surface area contributed by atoms with Crippen LogP contribution in [0.2, 0.25) is 5.02 Å². The van der Waals surface area contributed by atoms with Gasteiger partial charge in [0.15, 0.2) is 6.61 Å². The number of nitrogens with one attached hydrogen (secondary N) is 4. The Kier molecular flexibility index (Phi) is 12.9. The predicted molar refractivity (Wildman–Crippen MR) is 208 cm³/mol. The number of halogens is 4. The lowest BCUT2D eigenvalue weighted by Crippen LogP contribution is -2.37. The van der Waals surface area contributed by atoms with Gasteiger partial charge in [0.2, 0.25) is 17.8 Å². The van der Waals surface area contributed by atoms with Gasteiger partial charge in [0.25, 0.3) is 5.91 Å². The zero-order valence-corrected chi connectivity index (χ0v) is 31.6. The number of carbonyl (C=O) groups is 4. The summed E-state index contributed by atoms with van der Waals surface area (Å²) in [6.07, 6.45) is -2.21. The average Bonchev–Trinajstić information content (AvgIpc) is 4.00. The van der Waals surface area contributed by atoms with E-state index in [9.17, 15) is 32.3 Å². The number of aliphatic imine (C=N–C) groups is 1. The summed E-state index contributed by atoms with van der Waals surface area (Å²) in [6.45, 7) is -1.89. The Morgan fingerprint density at radius 1 is 0.847 bits per heavy atom. The van der Waals surface area contributed by atoms with Crippen molar-refractivity contribution in [2.24, 2.45) is 4.99 Å². The summed E-state index contributed by atoms with van der Waals surface area (Å²) in [5, 5.41) is 11.3. The van der Waals surface area contributed by atoms with E-state index in [4.69, 9.17) is 25.8 Å². The summed E-state index contributed by atoms with van der Waals surface area (Å²) in [7, 11) is 1.09. The third kappa shape index (κ3) is 11.9. The number of hydrogen-bond acceptors (Lipinski definition) is 13. The summed E-state index contributed by atoms with van der Waals surface area (Å²) in [5.74, 6) is -3.18. The molecule has 2 aromatic heterocycles. The number of amides is 3. The first-order valence-electron chi connectivity index (χ1n) is 17.6. The quantitative estimate of drug-likeness (QED) is 0.0513. The highest BCUT2D eigenvalue weighted by Gasteiger charge is 2.45. The molecule has 0 atom stereocenters. The van der Waals surface area contributed by atoms with Gasteiger partial charge in [-0.25, -0.2) is 14.8 Å². The molecule has 0 saturated heterocycles. The zero-order chi connectivity index (χ0) is 42.0. The van der Waals surface area contributed by atoms with E-state index in [1.54, 1.807) is 36.4 Å². The van der Waals surface area contributed by atoms with E-state index in [2.05, 4.69) is 46.2 Å². The number of methoxy groups -OCH3 is 1. The summed E-state index contributed by atoms with van der Waals surface area (Å²) in [5.41, 5.74) is 0.570. The molecular formula is C39H33ClF3N9O7. The number of carbonyl (C=O) groups excluding carboxylic acids is 4. The van der Waals surface area contributed by atoms with Crippen LogP contribution in [0.15, 0.2) is 102 Å². The molecule has 1 fully saturated rings. The van der Waals surface area contributed by atoms with Gasteiger partial charge in [-0.1, -0.05) is 41.9 Å². The molecule has 1 saturated carbocycles. The first-order chi connectivity index (χ1) is 28.3. The summed E-state index contributed by atoms with van der Waals surface area (Å²) in [4.78, 5) is 70.7. The smallest absolute Gasteiger partial charge is 0.422 e. The Balaban J connectivity index is 1.06. The molecule has 0 spiro atoms. The Labute approximate surface area is 338 Å². The first-order valence-corrected chi connectivity index (χ1v) is 18.0. The van der Waals surface area contributed by atoms with Gasteiger partial charge in [-0.05, 0) is 73.0 Å². The Morgan fingerprint density at radius 3 is 2.19 bits per heavy atom. The van der Waals surface area contributed by atoms with E-state index >= 15 is 0 Å². The second-order valence-electron chi connectivity index (χ2n) is 12.7. The van der Waals surface area contributed by atoms with E-state index in [1.165, 1.54) is 42.6 Å². The fourth-order valence-corrected chi connectivity index (χ4v) is 5.42. The van der Waals surface area contributed by atoms with Crippen LogP contribution in [0.4, 0.5) is 36.4 Å². The fraction of sp³-hybridized carbons (Fsp3) is 0.205. The molecule has 59 heavy (non-hydrogen) atoms. The molecule has 0 radical (unpaired) electrons. The van der Waals surface area contributed by atoms with Crippen molar-refractivity contribution < 1.29 is 46.6 Å². The molecule has 4 N–H and O–H groups in total. The van der Waals surface area contributed by atoms with Crippen LogP contribution in [-0.2, 0) is 24.7 Å². The topological polar surface area (TPSA) is 208 Å². The van der Waals surface area contributed by atoms with Gasteiger partial charge in [0, 0.05) is 35.3 Å². The van der Waals surface area contributed by atoms with E-state index in [0.717, 1.165) is 12.7 Å². The summed E-state index contributed by atoms with van der Waals surface area (Å²) >= 11 is 6.03. The highest BCUT2D eigenvalue weighted by Crippen LogP contribution is 2.48. The number of hydrogen-bond donors (Lipinski definition) is 4. The minimum atomic E-state index is -4.65. The van der Waals surface area contributed by atoms with Gasteiger partial charge in [-0.2, -0.15) is 28.1 Å². The number of rotatable bonds is 15. The first kappa shape index (κ1) is 41.5. The zero-order valence-electron chi connectivity index (χ0n) is 30.9. The third-order valence-electron chi connectivity index (χ3n) is 8.34. The molecule has 6 rings (SSSR count). The summed E-state index contributed by atoms with van der Waals surface area (Å²) in [6, 6.07) is 24.1. The Morgan fingerprint density at radius 2 is 1.54 bits per heavy atom. The van der Waals surface area contributed by atoms with Crippen molar-refractivity contribution in [3.8, 4) is 17.6 Å². The molecule has 16 nitrogen and oxygen atoms in total. The van der Waals surface area contributed by atoms with E-state index < -0.39 is 48.0 Å². The number of benzene rings is 3. The maximum Gasteiger partial charge on any atom is 0.422 e. The molecule has 2 heterocycles. The van der Waals surface area contributed by atoms with Crippen molar-refractivity contribution >= 4 is 64.3 Å². The molecule has 0 aliphatic heterocycles. The molecular weight excluding hydrogens is 799 g/mol. The number of pyridine rings is 1. The second-order valence-corrected chi connectivity index (χ2v) is 13.1. The maximum atomic E-state index is 13.1. The number of alkyl halides is 3. The SMILES string of the molecule is COC(=O)C(CCNC(=O)C(=O)Nc1ccc(Oc2ccccc2)nc1)=NC(=O)c1ccc(Nc2nc(NC3(c4ccc(Cl)cc4)CC3)nc(OCC(F)(F)F)n2)cc1. The van der Waals surface area contributed by atoms with Crippen LogP contribution < -0.4 is 30.7 Å². The summed E-state index contributed by atoms with van der Waals surface area (Å²) < 4.78 is 54.1. The van der Waals surface area contributed by atoms with Crippen LogP contribution in [0.1, 0.15) is 35.2 Å². The van der Waals surface area contributed by atoms with Gasteiger partial charge in [-0.3, -0.25) is 14.4 Å². The fourth-order valence-electron chi connectivity index (χ4n) is 5.29. The maximum absolute atomic E-state index is 13.1. The van der Waals surface area contributed by atoms with Crippen molar-refractivity contribution in [3.05, 3.63) is 113 Å². The second kappa shape index (κ2) is 18.4. The minimum Gasteiger partial charge on any atom is -0.465 e. The standard InChI is InChI=1S/C39H33ClF3N9O7/c1-57-34(56)29(17-20-44-32(54)33(55)46-27-15-16-30(45-21-27)59-28-5-3-2-4-6-28)48-31(53)23-7-13-26(14-8-23)47-35-49-36(51-37(50-35)58-22-39(41,42)43)52-38(18-19-38)24-9-11-25(40)12-10-24/h2-16,21H,17-20,22H2,1H3,(H,44,54)(H,46,55)(H2,47,49,50,51,52). The van der Waals surface area contributed by atoms with Crippen LogP contribution in [0.3, 0.4) is 0 Å². The molecule has 1 aliphatic carbocycles. The Hall–Kier alpha value is -7.15. The van der Waals surface area contributed by atoms with Crippen molar-refractivity contribution in [3.63, 3.8) is 0 Å². The number of anilines is 4. The van der Waals surface area contributed by atoms with Crippen molar-refractivity contribution in [2.75, 3.05) is 36.2 Å². The van der Waals surface area contributed by atoms with Gasteiger partial charge in [0.1, 0.15) is 11.5 Å². The highest BCUT2D eigenvalue weighted by atomic mass is 35.5. The molecule has 1 aliphatic rings. The number of ether oxygens (including phenoxy) is 3. The normalized spacial score (nSPS) is 13.1. The van der Waals surface area contributed by atoms with Crippen molar-refractivity contribution in [2.45, 2.75) is 31.0 Å². The molecule has 20 heteroatoms. The van der Waals surface area contributed by atoms with Crippen LogP contribution >= 0.6 is 11.6 Å². The van der Waals surface area contributed by atoms with Gasteiger partial charge < -0.3 is 35.5 Å². The van der Waals surface area contributed by atoms with E-state index in [1.807, 2.05) is 18.2 Å². The molecule has 304 valence electrons. The van der Waals surface area contributed by atoms with Crippen molar-refractivity contribution in [1.82, 2.24) is 25.3 Å². The third-order valence-corrected chi connectivity index (χ3v) is 8.59. The van der Waals surface area contributed by atoms with Gasteiger partial charge in [-0.15, -0.1) is 0 Å². The molecule has 0 bridgehead atoms. The van der Waals surface area contributed by atoms with Crippen LogP contribution in [0.25, 0.3) is 0 Å². The van der Waals surface area contributed by atoms with E-state index in [-0.39, 0.29) is 47.7 Å². The number of esters is 1. The monoisotopic (exact) mass is 831 g/mol. The number of aromatic nitrogens is 4. The minimum absolute atomic E-state index is 0.0417. The molecule has 3 aromatic carbocycles. The van der Waals surface area contributed by atoms with E-state index in [0.29, 0.717) is 29.3 Å². The lowest BCUT2D eigenvalue weighted by atomic mass is 10.1. The van der Waals surface area contributed by atoms with Crippen LogP contribution in [0, 0.1) is 0 Å². The Bertz CT molecular complexity index is 2330. The predicted octanol–water partition coefficient (Wildman–Crippen LogP) is 6.40. The average molecular weight is 832 g/mol. The lowest BCUT2D eigenvalue weighted by Gasteiger charge is -2.19. The van der Waals surface area contributed by atoms with Crippen LogP contribution in [0.5, 0.6) is 17.6 Å². The largest absolute Gasteiger partial charge is 0.465 e. The molecule has 5 aromatic rings. The van der Waals surface area contributed by atoms with Crippen molar-refractivity contribution in [1.29, 1.82) is 0 Å². The number of para-hydroxylation sites is 1. The molecule has 3 amide bonds. The van der Waals surface area contributed by atoms with Crippen LogP contribution in [-0.4, -0.2) is 75.8 Å². The molecule has 0 unspecified atom stereocenters. The number of nitrogens with zero attached hydrogens (tertiary/aromatic N) is 5. The van der Waals surface area contributed by atoms with Gasteiger partial charge >= 0.3 is 30.0 Å².